The third-order valence-corrected chi connectivity index (χ3v) is 4.16. The third-order valence-electron chi connectivity index (χ3n) is 4.16. The Morgan fingerprint density at radius 2 is 1.85 bits per heavy atom. The standard InChI is InChI=1S/C12H23N/c1-3-6-11(13-2)12-9-7-4-5-8-10(9)12/h9-13H,3-8H2,1-2H3. The van der Waals surface area contributed by atoms with E-state index in [9.17, 15) is 0 Å². The van der Waals surface area contributed by atoms with Gasteiger partial charge in [-0.05, 0) is 44.1 Å². The molecule has 2 rings (SSSR count). The maximum atomic E-state index is 3.52. The summed E-state index contributed by atoms with van der Waals surface area (Å²) < 4.78 is 0. The molecule has 0 spiro atoms. The summed E-state index contributed by atoms with van der Waals surface area (Å²) in [5, 5.41) is 3.52. The first-order valence-electron chi connectivity index (χ1n) is 6.05. The largest absolute Gasteiger partial charge is 0.317 e. The molecule has 0 bridgehead atoms. The van der Waals surface area contributed by atoms with Gasteiger partial charge < -0.3 is 5.32 Å². The number of nitrogens with one attached hydrogen (secondary N) is 1. The Bertz CT molecular complexity index is 155. The van der Waals surface area contributed by atoms with Crippen LogP contribution in [0, 0.1) is 17.8 Å². The van der Waals surface area contributed by atoms with Crippen molar-refractivity contribution < 1.29 is 0 Å². The number of hydrogen-bond acceptors (Lipinski definition) is 1. The molecule has 1 heteroatoms. The molecule has 2 fully saturated rings. The average molecular weight is 181 g/mol. The van der Waals surface area contributed by atoms with Gasteiger partial charge in [-0.1, -0.05) is 26.2 Å². The molecule has 76 valence electrons. The number of fused-ring (bicyclic) bond motifs is 1. The lowest BCUT2D eigenvalue weighted by Gasteiger charge is -2.14. The van der Waals surface area contributed by atoms with Gasteiger partial charge >= 0.3 is 0 Å². The molecule has 2 aliphatic rings. The van der Waals surface area contributed by atoms with Gasteiger partial charge in [0.05, 0.1) is 0 Å². The monoisotopic (exact) mass is 181 g/mol. The van der Waals surface area contributed by atoms with Crippen LogP contribution < -0.4 is 5.32 Å². The maximum Gasteiger partial charge on any atom is 0.00977 e. The minimum Gasteiger partial charge on any atom is -0.317 e. The van der Waals surface area contributed by atoms with Crippen molar-refractivity contribution in [2.45, 2.75) is 51.5 Å². The molecule has 0 aromatic carbocycles. The Balaban J connectivity index is 1.86. The molecular weight excluding hydrogens is 158 g/mol. The van der Waals surface area contributed by atoms with Crippen molar-refractivity contribution in [1.29, 1.82) is 0 Å². The minimum atomic E-state index is 0.832. The molecular formula is C12H23N. The Morgan fingerprint density at radius 1 is 1.23 bits per heavy atom. The zero-order valence-electron chi connectivity index (χ0n) is 9.05. The summed E-state index contributed by atoms with van der Waals surface area (Å²) in [7, 11) is 2.14. The van der Waals surface area contributed by atoms with E-state index < -0.39 is 0 Å². The molecule has 1 nitrogen and oxygen atoms in total. The molecule has 0 aromatic rings. The van der Waals surface area contributed by atoms with Gasteiger partial charge in [0.1, 0.15) is 0 Å². The SMILES string of the molecule is CCCC(NC)C1C2CCCCC21. The summed E-state index contributed by atoms with van der Waals surface area (Å²) in [6, 6.07) is 0.832. The normalized spacial score (nSPS) is 39.7. The fraction of sp³-hybridized carbons (Fsp3) is 1.00. The molecule has 0 heterocycles. The van der Waals surface area contributed by atoms with E-state index in [4.69, 9.17) is 0 Å². The van der Waals surface area contributed by atoms with Crippen LogP contribution in [0.5, 0.6) is 0 Å². The van der Waals surface area contributed by atoms with Gasteiger partial charge in [-0.25, -0.2) is 0 Å². The molecule has 0 radical (unpaired) electrons. The van der Waals surface area contributed by atoms with E-state index in [1.807, 2.05) is 0 Å². The summed E-state index contributed by atoms with van der Waals surface area (Å²) >= 11 is 0. The molecule has 3 unspecified atom stereocenters. The van der Waals surface area contributed by atoms with Gasteiger partial charge in [0.2, 0.25) is 0 Å². The number of rotatable bonds is 4. The first-order chi connectivity index (χ1) is 6.38. The second-order valence-corrected chi connectivity index (χ2v) is 4.87. The van der Waals surface area contributed by atoms with Crippen LogP contribution in [0.2, 0.25) is 0 Å². The predicted octanol–water partition coefficient (Wildman–Crippen LogP) is 2.81. The smallest absolute Gasteiger partial charge is 0.00977 e. The van der Waals surface area contributed by atoms with E-state index in [1.54, 1.807) is 0 Å². The summed E-state index contributed by atoms with van der Waals surface area (Å²) in [5.74, 6) is 3.27. The summed E-state index contributed by atoms with van der Waals surface area (Å²) in [5.41, 5.74) is 0. The first kappa shape index (κ1) is 9.51. The van der Waals surface area contributed by atoms with Crippen molar-refractivity contribution in [1.82, 2.24) is 5.32 Å². The molecule has 2 saturated carbocycles. The Hall–Kier alpha value is -0.0400. The van der Waals surface area contributed by atoms with Crippen LogP contribution in [-0.4, -0.2) is 13.1 Å². The number of hydrogen-bond donors (Lipinski definition) is 1. The van der Waals surface area contributed by atoms with Crippen molar-refractivity contribution >= 4 is 0 Å². The highest BCUT2D eigenvalue weighted by atomic mass is 14.9. The van der Waals surface area contributed by atoms with Crippen LogP contribution in [-0.2, 0) is 0 Å². The second-order valence-electron chi connectivity index (χ2n) is 4.87. The van der Waals surface area contributed by atoms with Crippen molar-refractivity contribution in [3.8, 4) is 0 Å². The molecule has 2 aliphatic carbocycles. The van der Waals surface area contributed by atoms with Gasteiger partial charge in [-0.3, -0.25) is 0 Å². The van der Waals surface area contributed by atoms with Crippen molar-refractivity contribution in [2.24, 2.45) is 17.8 Å². The van der Waals surface area contributed by atoms with Crippen LogP contribution >= 0.6 is 0 Å². The van der Waals surface area contributed by atoms with Crippen LogP contribution in [0.25, 0.3) is 0 Å². The van der Waals surface area contributed by atoms with Crippen molar-refractivity contribution in [2.75, 3.05) is 7.05 Å². The van der Waals surface area contributed by atoms with Crippen LogP contribution in [0.3, 0.4) is 0 Å². The minimum absolute atomic E-state index is 0.832. The molecule has 1 N–H and O–H groups in total. The average Bonchev–Trinajstić information content (AvgIpc) is 2.88. The third kappa shape index (κ3) is 1.76. The van der Waals surface area contributed by atoms with Gasteiger partial charge in [0.15, 0.2) is 0 Å². The fourth-order valence-electron chi connectivity index (χ4n) is 3.48. The van der Waals surface area contributed by atoms with Gasteiger partial charge in [0, 0.05) is 6.04 Å². The van der Waals surface area contributed by atoms with Crippen LogP contribution in [0.4, 0.5) is 0 Å². The Morgan fingerprint density at radius 3 is 2.31 bits per heavy atom. The highest BCUT2D eigenvalue weighted by molar-refractivity contribution is 5.04. The quantitative estimate of drug-likeness (QED) is 0.703. The van der Waals surface area contributed by atoms with Gasteiger partial charge in [0.25, 0.3) is 0 Å². The highest BCUT2D eigenvalue weighted by Gasteiger charge is 2.53. The lowest BCUT2D eigenvalue weighted by molar-refractivity contribution is 0.431. The second kappa shape index (κ2) is 4.00. The maximum absolute atomic E-state index is 3.52. The Kier molecular flexibility index (Phi) is 2.92. The van der Waals surface area contributed by atoms with E-state index >= 15 is 0 Å². The van der Waals surface area contributed by atoms with Gasteiger partial charge in [-0.15, -0.1) is 0 Å². The molecule has 13 heavy (non-hydrogen) atoms. The van der Waals surface area contributed by atoms with E-state index in [1.165, 1.54) is 38.5 Å². The fourth-order valence-corrected chi connectivity index (χ4v) is 3.48. The van der Waals surface area contributed by atoms with Gasteiger partial charge in [-0.2, -0.15) is 0 Å². The summed E-state index contributed by atoms with van der Waals surface area (Å²) in [4.78, 5) is 0. The molecule has 0 saturated heterocycles. The van der Waals surface area contributed by atoms with Crippen molar-refractivity contribution in [3.05, 3.63) is 0 Å². The van der Waals surface area contributed by atoms with E-state index in [0.29, 0.717) is 0 Å². The van der Waals surface area contributed by atoms with Crippen molar-refractivity contribution in [3.63, 3.8) is 0 Å². The summed E-state index contributed by atoms with van der Waals surface area (Å²) in [6.07, 6.45) is 8.77. The Labute approximate surface area is 82.3 Å². The highest BCUT2D eigenvalue weighted by Crippen LogP contribution is 2.57. The molecule has 0 aromatic heterocycles. The van der Waals surface area contributed by atoms with Crippen LogP contribution in [0.1, 0.15) is 45.4 Å². The lowest BCUT2D eigenvalue weighted by atomic mass is 10.0. The van der Waals surface area contributed by atoms with Crippen LogP contribution in [0.15, 0.2) is 0 Å². The first-order valence-corrected chi connectivity index (χ1v) is 6.05. The molecule has 0 aliphatic heterocycles. The molecule has 3 atom stereocenters. The van der Waals surface area contributed by atoms with E-state index in [2.05, 4.69) is 19.3 Å². The summed E-state index contributed by atoms with van der Waals surface area (Å²) in [6.45, 7) is 2.30. The predicted molar refractivity (Wildman–Crippen MR) is 56.7 cm³/mol. The lowest BCUT2D eigenvalue weighted by Crippen LogP contribution is -2.28. The van der Waals surface area contributed by atoms with E-state index in [0.717, 1.165) is 23.8 Å². The zero-order chi connectivity index (χ0) is 9.26. The zero-order valence-corrected chi connectivity index (χ0v) is 9.05. The molecule has 0 amide bonds. The van der Waals surface area contributed by atoms with E-state index in [-0.39, 0.29) is 0 Å². The topological polar surface area (TPSA) is 12.0 Å².